The lowest BCUT2D eigenvalue weighted by Crippen LogP contribution is -2.29. The number of nitrogens with one attached hydrogen (secondary N) is 2. The largest absolute Gasteiger partial charge is 0.349 e. The monoisotopic (exact) mass is 243 g/mol. The van der Waals surface area contributed by atoms with Gasteiger partial charge < -0.3 is 10.3 Å². The molecule has 1 aromatic heterocycles. The van der Waals surface area contributed by atoms with Crippen LogP contribution in [-0.2, 0) is 11.3 Å². The van der Waals surface area contributed by atoms with Gasteiger partial charge in [0.25, 0.3) is 0 Å². The summed E-state index contributed by atoms with van der Waals surface area (Å²) in [6.45, 7) is 0.490. The maximum atomic E-state index is 11.9. The highest BCUT2D eigenvalue weighted by Gasteiger charge is 2.22. The van der Waals surface area contributed by atoms with Gasteiger partial charge in [-0.3, -0.25) is 4.79 Å². The molecule has 2 N–H and O–H groups in total. The summed E-state index contributed by atoms with van der Waals surface area (Å²) < 4.78 is 0. The highest BCUT2D eigenvalue weighted by atomic mass is 16.1. The number of carbonyl (C=O) groups is 1. The van der Waals surface area contributed by atoms with Crippen LogP contribution in [0.1, 0.15) is 31.5 Å². The van der Waals surface area contributed by atoms with Gasteiger partial charge in [0.05, 0.1) is 17.6 Å². The molecule has 1 aliphatic carbocycles. The average molecular weight is 243 g/mol. The molecule has 4 heteroatoms. The Morgan fingerprint density at radius 3 is 2.89 bits per heavy atom. The highest BCUT2D eigenvalue weighted by Crippen LogP contribution is 2.24. The Bertz CT molecular complexity index is 522. The van der Waals surface area contributed by atoms with Crippen molar-refractivity contribution in [2.45, 2.75) is 32.2 Å². The molecule has 18 heavy (non-hydrogen) atoms. The number of hydrogen-bond donors (Lipinski definition) is 2. The minimum atomic E-state index is 0.174. The predicted octanol–water partition coefficient (Wildman–Crippen LogP) is 2.37. The minimum absolute atomic E-state index is 0.174. The number of hydrogen-bond acceptors (Lipinski definition) is 2. The molecule has 0 radical (unpaired) electrons. The smallest absolute Gasteiger partial charge is 0.223 e. The fourth-order valence-corrected chi connectivity index (χ4v) is 2.59. The highest BCUT2D eigenvalue weighted by molar-refractivity contribution is 5.79. The summed E-state index contributed by atoms with van der Waals surface area (Å²) in [7, 11) is 0. The molecule has 0 unspecified atom stereocenters. The van der Waals surface area contributed by atoms with Crippen molar-refractivity contribution in [3.63, 3.8) is 0 Å². The van der Waals surface area contributed by atoms with E-state index in [4.69, 9.17) is 0 Å². The zero-order valence-corrected chi connectivity index (χ0v) is 10.3. The number of para-hydroxylation sites is 2. The first-order chi connectivity index (χ1) is 8.83. The van der Waals surface area contributed by atoms with Crippen molar-refractivity contribution in [3.05, 3.63) is 30.1 Å². The predicted molar refractivity (Wildman–Crippen MR) is 69.9 cm³/mol. The molecule has 0 atom stereocenters. The van der Waals surface area contributed by atoms with E-state index in [1.807, 2.05) is 24.3 Å². The summed E-state index contributed by atoms with van der Waals surface area (Å²) in [5.41, 5.74) is 1.96. The van der Waals surface area contributed by atoms with Gasteiger partial charge in [0.2, 0.25) is 5.91 Å². The maximum absolute atomic E-state index is 11.9. The fourth-order valence-electron chi connectivity index (χ4n) is 2.59. The molecule has 1 heterocycles. The first kappa shape index (κ1) is 11.3. The number of carbonyl (C=O) groups excluding carboxylic acids is 1. The van der Waals surface area contributed by atoms with E-state index < -0.39 is 0 Å². The Balaban J connectivity index is 1.63. The van der Waals surface area contributed by atoms with Crippen LogP contribution in [0, 0.1) is 5.92 Å². The van der Waals surface area contributed by atoms with Crippen LogP contribution in [0.4, 0.5) is 0 Å². The number of amides is 1. The van der Waals surface area contributed by atoms with Crippen LogP contribution in [0.25, 0.3) is 11.0 Å². The van der Waals surface area contributed by atoms with E-state index in [1.165, 1.54) is 12.8 Å². The molecule has 0 bridgehead atoms. The SMILES string of the molecule is O=C(NCc1nc2ccccc2[nH]1)C1CCCC1. The van der Waals surface area contributed by atoms with Crippen LogP contribution in [-0.4, -0.2) is 15.9 Å². The summed E-state index contributed by atoms with van der Waals surface area (Å²) in [6, 6.07) is 7.89. The van der Waals surface area contributed by atoms with Gasteiger partial charge in [-0.15, -0.1) is 0 Å². The average Bonchev–Trinajstić information content (AvgIpc) is 3.04. The molecule has 4 nitrogen and oxygen atoms in total. The molecule has 0 spiro atoms. The van der Waals surface area contributed by atoms with Crippen molar-refractivity contribution in [1.82, 2.24) is 15.3 Å². The van der Waals surface area contributed by atoms with Crippen molar-refractivity contribution < 1.29 is 4.79 Å². The molecule has 1 amide bonds. The molecule has 1 aliphatic rings. The van der Waals surface area contributed by atoms with E-state index in [0.717, 1.165) is 29.7 Å². The van der Waals surface area contributed by atoms with Gasteiger partial charge in [-0.1, -0.05) is 25.0 Å². The summed E-state index contributed by atoms with van der Waals surface area (Å²) in [5, 5.41) is 2.97. The third-order valence-electron chi connectivity index (χ3n) is 3.59. The molecule has 1 aromatic carbocycles. The number of benzene rings is 1. The van der Waals surface area contributed by atoms with Crippen LogP contribution in [0.3, 0.4) is 0 Å². The van der Waals surface area contributed by atoms with Gasteiger partial charge in [-0.05, 0) is 25.0 Å². The lowest BCUT2D eigenvalue weighted by Gasteiger charge is -2.08. The van der Waals surface area contributed by atoms with E-state index in [2.05, 4.69) is 15.3 Å². The quantitative estimate of drug-likeness (QED) is 0.869. The Labute approximate surface area is 106 Å². The number of aromatic amines is 1. The van der Waals surface area contributed by atoms with E-state index in [9.17, 15) is 4.79 Å². The van der Waals surface area contributed by atoms with E-state index >= 15 is 0 Å². The number of imidazole rings is 1. The standard InChI is InChI=1S/C14H17N3O/c18-14(10-5-1-2-6-10)15-9-13-16-11-7-3-4-8-12(11)17-13/h3-4,7-8,10H,1-2,5-6,9H2,(H,15,18)(H,16,17). The van der Waals surface area contributed by atoms with Crippen LogP contribution >= 0.6 is 0 Å². The van der Waals surface area contributed by atoms with E-state index in [-0.39, 0.29) is 11.8 Å². The second-order valence-corrected chi connectivity index (χ2v) is 4.90. The molecule has 94 valence electrons. The molecule has 3 rings (SSSR count). The lowest BCUT2D eigenvalue weighted by atomic mass is 10.1. The Kier molecular flexibility index (Phi) is 3.00. The first-order valence-electron chi connectivity index (χ1n) is 6.54. The number of aromatic nitrogens is 2. The zero-order chi connectivity index (χ0) is 12.4. The second kappa shape index (κ2) is 4.80. The van der Waals surface area contributed by atoms with Gasteiger partial charge in [-0.2, -0.15) is 0 Å². The topological polar surface area (TPSA) is 57.8 Å². The zero-order valence-electron chi connectivity index (χ0n) is 10.3. The molecule has 1 fully saturated rings. The van der Waals surface area contributed by atoms with E-state index in [0.29, 0.717) is 6.54 Å². The first-order valence-corrected chi connectivity index (χ1v) is 6.54. The summed E-state index contributed by atoms with van der Waals surface area (Å²) in [4.78, 5) is 19.5. The van der Waals surface area contributed by atoms with E-state index in [1.54, 1.807) is 0 Å². The minimum Gasteiger partial charge on any atom is -0.349 e. The fraction of sp³-hybridized carbons (Fsp3) is 0.429. The molecule has 1 saturated carbocycles. The number of nitrogens with zero attached hydrogens (tertiary/aromatic N) is 1. The molecule has 0 saturated heterocycles. The van der Waals surface area contributed by atoms with Gasteiger partial charge in [0.1, 0.15) is 5.82 Å². The van der Waals surface area contributed by atoms with Crippen LogP contribution in [0.5, 0.6) is 0 Å². The van der Waals surface area contributed by atoms with Gasteiger partial charge >= 0.3 is 0 Å². The van der Waals surface area contributed by atoms with Gasteiger partial charge in [0.15, 0.2) is 0 Å². The van der Waals surface area contributed by atoms with Crippen molar-refractivity contribution in [2.75, 3.05) is 0 Å². The molecular formula is C14H17N3O. The normalized spacial score (nSPS) is 16.2. The number of fused-ring (bicyclic) bond motifs is 1. The van der Waals surface area contributed by atoms with Crippen LogP contribution < -0.4 is 5.32 Å². The molecule has 2 aromatic rings. The van der Waals surface area contributed by atoms with Crippen molar-refractivity contribution in [3.8, 4) is 0 Å². The molecular weight excluding hydrogens is 226 g/mol. The Morgan fingerprint density at radius 2 is 2.11 bits per heavy atom. The summed E-state index contributed by atoms with van der Waals surface area (Å²) in [5.74, 6) is 1.21. The van der Waals surface area contributed by atoms with Crippen molar-refractivity contribution >= 4 is 16.9 Å². The number of H-pyrrole nitrogens is 1. The Morgan fingerprint density at radius 1 is 1.33 bits per heavy atom. The third kappa shape index (κ3) is 2.23. The van der Waals surface area contributed by atoms with Gasteiger partial charge in [0, 0.05) is 5.92 Å². The summed E-state index contributed by atoms with van der Waals surface area (Å²) in [6.07, 6.45) is 4.43. The van der Waals surface area contributed by atoms with Crippen molar-refractivity contribution in [2.24, 2.45) is 5.92 Å². The maximum Gasteiger partial charge on any atom is 0.223 e. The van der Waals surface area contributed by atoms with Crippen molar-refractivity contribution in [1.29, 1.82) is 0 Å². The van der Waals surface area contributed by atoms with Gasteiger partial charge in [-0.25, -0.2) is 4.98 Å². The lowest BCUT2D eigenvalue weighted by molar-refractivity contribution is -0.125. The Hall–Kier alpha value is -1.84. The molecule has 0 aliphatic heterocycles. The van der Waals surface area contributed by atoms with Crippen LogP contribution in [0.2, 0.25) is 0 Å². The number of rotatable bonds is 3. The third-order valence-corrected chi connectivity index (χ3v) is 3.59. The van der Waals surface area contributed by atoms with Crippen LogP contribution in [0.15, 0.2) is 24.3 Å². The summed E-state index contributed by atoms with van der Waals surface area (Å²) >= 11 is 0. The second-order valence-electron chi connectivity index (χ2n) is 4.90.